The Labute approximate surface area is 184 Å². The highest BCUT2D eigenvalue weighted by Gasteiger charge is 2.42. The molecule has 1 N–H and O–H groups in total. The van der Waals surface area contributed by atoms with Crippen LogP contribution in [0.2, 0.25) is 0 Å². The predicted molar refractivity (Wildman–Crippen MR) is 121 cm³/mol. The van der Waals surface area contributed by atoms with Gasteiger partial charge in [-0.25, -0.2) is 8.42 Å². The molecule has 0 spiro atoms. The van der Waals surface area contributed by atoms with Crippen LogP contribution in [0, 0.1) is 5.41 Å². The number of anilines is 1. The fraction of sp³-hybridized carbons (Fsp3) is 0.652. The number of benzene rings is 1. The normalized spacial score (nSPS) is 26.3. The van der Waals surface area contributed by atoms with Crippen molar-refractivity contribution < 1.29 is 13.2 Å². The van der Waals surface area contributed by atoms with E-state index in [-0.39, 0.29) is 22.1 Å². The number of nitrogens with zero attached hydrogens (tertiary/aromatic N) is 3. The summed E-state index contributed by atoms with van der Waals surface area (Å²) in [5.74, 6) is 0.284. The maximum absolute atomic E-state index is 13.5. The monoisotopic (exact) mass is 444 g/mol. The van der Waals surface area contributed by atoms with Crippen molar-refractivity contribution in [2.45, 2.75) is 69.4 Å². The molecule has 3 heterocycles. The van der Waals surface area contributed by atoms with Gasteiger partial charge in [0.2, 0.25) is 15.8 Å². The second-order valence-corrected chi connectivity index (χ2v) is 12.1. The first-order valence-electron chi connectivity index (χ1n) is 11.5. The van der Waals surface area contributed by atoms with Gasteiger partial charge in [-0.3, -0.25) is 9.79 Å². The van der Waals surface area contributed by atoms with E-state index >= 15 is 0 Å². The van der Waals surface area contributed by atoms with E-state index in [2.05, 4.69) is 24.2 Å². The molecule has 7 nitrogen and oxygen atoms in total. The SMILES string of the molecule is CC1(C)CN=C2C(=O)c3cc(S(=O)(=O)N4CCC[C@H]4CNC4CCCC4)ccc3N2C1. The second kappa shape index (κ2) is 7.67. The highest BCUT2D eigenvalue weighted by molar-refractivity contribution is 7.89. The predicted octanol–water partition coefficient (Wildman–Crippen LogP) is 2.81. The minimum Gasteiger partial charge on any atom is -0.322 e. The minimum absolute atomic E-state index is 0.0222. The number of hydrogen-bond donors (Lipinski definition) is 1. The van der Waals surface area contributed by atoms with Gasteiger partial charge in [0.05, 0.1) is 16.1 Å². The molecule has 2 fully saturated rings. The molecule has 0 unspecified atom stereocenters. The Morgan fingerprint density at radius 2 is 1.94 bits per heavy atom. The van der Waals surface area contributed by atoms with Crippen LogP contribution in [0.3, 0.4) is 0 Å². The fourth-order valence-electron chi connectivity index (χ4n) is 5.43. The van der Waals surface area contributed by atoms with Crippen molar-refractivity contribution in [3.8, 4) is 0 Å². The second-order valence-electron chi connectivity index (χ2n) is 10.2. The number of carbonyl (C=O) groups is 1. The average molecular weight is 445 g/mol. The van der Waals surface area contributed by atoms with Gasteiger partial charge in [0, 0.05) is 43.7 Å². The molecule has 0 radical (unpaired) electrons. The van der Waals surface area contributed by atoms with Gasteiger partial charge in [0.15, 0.2) is 5.84 Å². The lowest BCUT2D eigenvalue weighted by Gasteiger charge is -2.34. The summed E-state index contributed by atoms with van der Waals surface area (Å²) in [6.07, 6.45) is 6.63. The number of carbonyl (C=O) groups excluding carboxylic acids is 1. The molecule has 8 heteroatoms. The number of sulfonamides is 1. The van der Waals surface area contributed by atoms with E-state index in [1.54, 1.807) is 22.5 Å². The molecule has 0 bridgehead atoms. The van der Waals surface area contributed by atoms with Crippen LogP contribution in [-0.4, -0.2) is 62.6 Å². The average Bonchev–Trinajstić information content (AvgIpc) is 3.46. The van der Waals surface area contributed by atoms with E-state index in [0.29, 0.717) is 43.6 Å². The summed E-state index contributed by atoms with van der Waals surface area (Å²) < 4.78 is 28.7. The molecule has 1 saturated carbocycles. The number of aliphatic imine (C=N–C) groups is 1. The van der Waals surface area contributed by atoms with Gasteiger partial charge in [-0.05, 0) is 43.9 Å². The van der Waals surface area contributed by atoms with Gasteiger partial charge in [0.25, 0.3) is 0 Å². The smallest absolute Gasteiger partial charge is 0.243 e. The van der Waals surface area contributed by atoms with Crippen molar-refractivity contribution in [2.24, 2.45) is 10.4 Å². The number of fused-ring (bicyclic) bond motifs is 3. The molecule has 1 aromatic carbocycles. The standard InChI is InChI=1S/C23H32N4O3S/c1-23(2)14-25-22-21(28)19-12-18(9-10-20(19)26(22)15-23)31(29,30)27-11-5-8-17(27)13-24-16-6-3-4-7-16/h9-10,12,16-17,24H,3-8,11,13-15H2,1-2H3/t17-/m0/s1. The van der Waals surface area contributed by atoms with Crippen LogP contribution in [0.5, 0.6) is 0 Å². The first-order chi connectivity index (χ1) is 14.8. The number of amidine groups is 1. The van der Waals surface area contributed by atoms with E-state index in [9.17, 15) is 13.2 Å². The Bertz CT molecular complexity index is 1030. The minimum atomic E-state index is -3.65. The fourth-order valence-corrected chi connectivity index (χ4v) is 7.15. The molecular formula is C23H32N4O3S. The molecule has 1 aromatic rings. The van der Waals surface area contributed by atoms with Crippen LogP contribution in [0.15, 0.2) is 28.1 Å². The van der Waals surface area contributed by atoms with Gasteiger partial charge in [0.1, 0.15) is 0 Å². The van der Waals surface area contributed by atoms with Crippen molar-refractivity contribution in [1.29, 1.82) is 0 Å². The van der Waals surface area contributed by atoms with Crippen LogP contribution in [0.25, 0.3) is 0 Å². The summed E-state index contributed by atoms with van der Waals surface area (Å²) in [5, 5.41) is 3.58. The van der Waals surface area contributed by atoms with Crippen molar-refractivity contribution >= 4 is 27.3 Å². The third-order valence-electron chi connectivity index (χ3n) is 7.13. The van der Waals surface area contributed by atoms with Crippen LogP contribution in [0.1, 0.15) is 62.7 Å². The van der Waals surface area contributed by atoms with E-state index in [1.807, 2.05) is 4.90 Å². The lowest BCUT2D eigenvalue weighted by atomic mass is 9.91. The quantitative estimate of drug-likeness (QED) is 0.755. The number of hydrogen-bond acceptors (Lipinski definition) is 6. The maximum Gasteiger partial charge on any atom is 0.243 e. The Balaban J connectivity index is 1.39. The summed E-state index contributed by atoms with van der Waals surface area (Å²) in [6.45, 7) is 6.80. The van der Waals surface area contributed by atoms with E-state index in [4.69, 9.17) is 0 Å². The number of Topliss-reactive ketones (excluding diaryl/α,β-unsaturated/α-hetero) is 1. The zero-order valence-corrected chi connectivity index (χ0v) is 19.2. The highest BCUT2D eigenvalue weighted by atomic mass is 32.2. The Kier molecular flexibility index (Phi) is 5.22. The Morgan fingerprint density at radius 1 is 1.16 bits per heavy atom. The molecule has 4 aliphatic rings. The number of nitrogens with one attached hydrogen (secondary N) is 1. The summed E-state index contributed by atoms with van der Waals surface area (Å²) in [6, 6.07) is 5.51. The van der Waals surface area contributed by atoms with E-state index in [1.165, 1.54) is 25.7 Å². The molecule has 5 rings (SSSR count). The summed E-state index contributed by atoms with van der Waals surface area (Å²) in [5.41, 5.74) is 1.21. The zero-order chi connectivity index (χ0) is 21.8. The van der Waals surface area contributed by atoms with Gasteiger partial charge in [-0.2, -0.15) is 4.31 Å². The van der Waals surface area contributed by atoms with Crippen molar-refractivity contribution in [1.82, 2.24) is 9.62 Å². The first-order valence-corrected chi connectivity index (χ1v) is 13.0. The van der Waals surface area contributed by atoms with Crippen molar-refractivity contribution in [2.75, 3.05) is 31.1 Å². The maximum atomic E-state index is 13.5. The third kappa shape index (κ3) is 3.72. The largest absolute Gasteiger partial charge is 0.322 e. The van der Waals surface area contributed by atoms with E-state index in [0.717, 1.165) is 18.5 Å². The highest BCUT2D eigenvalue weighted by Crippen LogP contribution is 2.37. The lowest BCUT2D eigenvalue weighted by molar-refractivity contribution is 0.106. The van der Waals surface area contributed by atoms with Gasteiger partial charge in [-0.15, -0.1) is 0 Å². The molecular weight excluding hydrogens is 412 g/mol. The summed E-state index contributed by atoms with van der Waals surface area (Å²) in [7, 11) is -3.65. The lowest BCUT2D eigenvalue weighted by Crippen LogP contribution is -2.44. The third-order valence-corrected chi connectivity index (χ3v) is 9.08. The molecule has 0 aromatic heterocycles. The van der Waals surface area contributed by atoms with Gasteiger partial charge >= 0.3 is 0 Å². The van der Waals surface area contributed by atoms with Gasteiger partial charge in [-0.1, -0.05) is 26.7 Å². The van der Waals surface area contributed by atoms with Crippen LogP contribution < -0.4 is 10.2 Å². The molecule has 1 atom stereocenters. The molecule has 3 aliphatic heterocycles. The molecule has 0 amide bonds. The number of rotatable bonds is 5. The van der Waals surface area contributed by atoms with Crippen LogP contribution in [-0.2, 0) is 10.0 Å². The summed E-state index contributed by atoms with van der Waals surface area (Å²) in [4.78, 5) is 19.6. The van der Waals surface area contributed by atoms with Crippen LogP contribution in [0.4, 0.5) is 5.69 Å². The molecule has 168 valence electrons. The topological polar surface area (TPSA) is 82.1 Å². The molecule has 31 heavy (non-hydrogen) atoms. The van der Waals surface area contributed by atoms with Crippen LogP contribution >= 0.6 is 0 Å². The Morgan fingerprint density at radius 3 is 2.71 bits per heavy atom. The van der Waals surface area contributed by atoms with Crippen molar-refractivity contribution in [3.05, 3.63) is 23.8 Å². The summed E-state index contributed by atoms with van der Waals surface area (Å²) >= 11 is 0. The number of ketones is 1. The zero-order valence-electron chi connectivity index (χ0n) is 18.4. The molecule has 1 aliphatic carbocycles. The first kappa shape index (κ1) is 21.1. The van der Waals surface area contributed by atoms with E-state index < -0.39 is 10.0 Å². The molecule has 1 saturated heterocycles. The Hall–Kier alpha value is -1.77. The van der Waals surface area contributed by atoms with Gasteiger partial charge < -0.3 is 10.2 Å². The van der Waals surface area contributed by atoms with Crippen molar-refractivity contribution in [3.63, 3.8) is 0 Å².